The molecule has 0 fully saturated rings. The van der Waals surface area contributed by atoms with Crippen LogP contribution in [0.15, 0.2) is 18.3 Å². The number of nitrogens with one attached hydrogen (secondary N) is 2. The van der Waals surface area contributed by atoms with Crippen molar-refractivity contribution in [2.75, 3.05) is 6.61 Å². The van der Waals surface area contributed by atoms with E-state index in [1.165, 1.54) is 18.3 Å². The van der Waals surface area contributed by atoms with Crippen molar-refractivity contribution < 1.29 is 19.1 Å². The van der Waals surface area contributed by atoms with Gasteiger partial charge < -0.3 is 10.1 Å². The van der Waals surface area contributed by atoms with E-state index in [9.17, 15) is 14.4 Å². The van der Waals surface area contributed by atoms with Gasteiger partial charge in [0.25, 0.3) is 5.91 Å². The lowest BCUT2D eigenvalue weighted by molar-refractivity contribution is -0.123. The van der Waals surface area contributed by atoms with Gasteiger partial charge in [-0.3, -0.25) is 10.1 Å². The second-order valence-electron chi connectivity index (χ2n) is 4.09. The van der Waals surface area contributed by atoms with Crippen molar-refractivity contribution in [3.63, 3.8) is 0 Å². The highest BCUT2D eigenvalue weighted by atomic mass is 35.5. The van der Waals surface area contributed by atoms with Gasteiger partial charge in [0.15, 0.2) is 6.61 Å². The van der Waals surface area contributed by atoms with Crippen LogP contribution in [0.4, 0.5) is 4.79 Å². The fraction of sp³-hybridized carbons (Fsp3) is 0.333. The Hall–Kier alpha value is -2.15. The van der Waals surface area contributed by atoms with Crippen molar-refractivity contribution in [3.05, 3.63) is 29.0 Å². The summed E-state index contributed by atoms with van der Waals surface area (Å²) in [5.41, 5.74) is 0.0496. The molecule has 1 rings (SSSR count). The van der Waals surface area contributed by atoms with Crippen molar-refractivity contribution in [3.8, 4) is 0 Å². The molecule has 2 N–H and O–H groups in total. The molecule has 1 heterocycles. The zero-order valence-electron chi connectivity index (χ0n) is 11.0. The van der Waals surface area contributed by atoms with Crippen molar-refractivity contribution in [2.24, 2.45) is 0 Å². The Bertz CT molecular complexity index is 519. The van der Waals surface area contributed by atoms with Crippen LogP contribution in [-0.2, 0) is 9.53 Å². The number of hydrogen-bond acceptors (Lipinski definition) is 5. The lowest BCUT2D eigenvalue weighted by Gasteiger charge is -2.09. The maximum absolute atomic E-state index is 11.6. The minimum atomic E-state index is -0.789. The quantitative estimate of drug-likeness (QED) is 0.641. The molecule has 3 amide bonds. The highest BCUT2D eigenvalue weighted by Gasteiger charge is 2.15. The van der Waals surface area contributed by atoms with E-state index in [-0.39, 0.29) is 16.8 Å². The molecule has 20 heavy (non-hydrogen) atoms. The molecule has 0 aliphatic carbocycles. The van der Waals surface area contributed by atoms with Crippen molar-refractivity contribution in [2.45, 2.75) is 19.9 Å². The first kappa shape index (κ1) is 15.9. The van der Waals surface area contributed by atoms with Gasteiger partial charge in [-0.15, -0.1) is 0 Å². The van der Waals surface area contributed by atoms with Crippen LogP contribution in [-0.4, -0.2) is 35.5 Å². The third-order valence-corrected chi connectivity index (χ3v) is 2.29. The van der Waals surface area contributed by atoms with E-state index < -0.39 is 24.5 Å². The third kappa shape index (κ3) is 5.23. The molecule has 7 nitrogen and oxygen atoms in total. The van der Waals surface area contributed by atoms with Crippen LogP contribution >= 0.6 is 11.6 Å². The number of esters is 1. The summed E-state index contributed by atoms with van der Waals surface area (Å²) in [4.78, 5) is 37.9. The van der Waals surface area contributed by atoms with E-state index in [0.717, 1.165) is 0 Å². The Morgan fingerprint density at radius 2 is 2.10 bits per heavy atom. The summed E-state index contributed by atoms with van der Waals surface area (Å²) < 4.78 is 4.72. The number of amides is 3. The topological polar surface area (TPSA) is 97.4 Å². The van der Waals surface area contributed by atoms with Gasteiger partial charge in [0, 0.05) is 12.2 Å². The number of carbonyl (C=O) groups excluding carboxylic acids is 3. The van der Waals surface area contributed by atoms with Crippen LogP contribution in [0, 0.1) is 0 Å². The number of nitrogens with zero attached hydrogens (tertiary/aromatic N) is 1. The van der Waals surface area contributed by atoms with Crippen LogP contribution in [0.3, 0.4) is 0 Å². The zero-order chi connectivity index (χ0) is 15.1. The van der Waals surface area contributed by atoms with E-state index in [1.54, 1.807) is 13.8 Å². The maximum atomic E-state index is 11.6. The Morgan fingerprint density at radius 1 is 1.40 bits per heavy atom. The van der Waals surface area contributed by atoms with Crippen LogP contribution in [0.25, 0.3) is 0 Å². The number of halogens is 1. The molecule has 0 saturated carbocycles. The molecular weight excluding hydrogens is 286 g/mol. The molecule has 0 aliphatic heterocycles. The molecule has 1 aromatic rings. The smallest absolute Gasteiger partial charge is 0.341 e. The molecule has 0 atom stereocenters. The molecule has 0 aromatic carbocycles. The first-order valence-electron chi connectivity index (χ1n) is 5.78. The molecule has 0 saturated heterocycles. The van der Waals surface area contributed by atoms with E-state index in [1.807, 2.05) is 5.32 Å². The SMILES string of the molecule is CC(C)NC(=O)NC(=O)COC(=O)c1cccnc1Cl. The van der Waals surface area contributed by atoms with Crippen molar-refractivity contribution in [1.82, 2.24) is 15.6 Å². The third-order valence-electron chi connectivity index (χ3n) is 1.99. The molecule has 8 heteroatoms. The second-order valence-corrected chi connectivity index (χ2v) is 4.45. The lowest BCUT2D eigenvalue weighted by atomic mass is 10.3. The number of hydrogen-bond donors (Lipinski definition) is 2. The van der Waals surface area contributed by atoms with Gasteiger partial charge in [-0.25, -0.2) is 14.6 Å². The number of imide groups is 1. The number of ether oxygens (including phenoxy) is 1. The van der Waals surface area contributed by atoms with Crippen LogP contribution in [0.2, 0.25) is 5.15 Å². The molecule has 0 aliphatic rings. The molecule has 0 unspecified atom stereocenters. The summed E-state index contributed by atoms with van der Waals surface area (Å²) in [6.07, 6.45) is 1.42. The van der Waals surface area contributed by atoms with Crippen LogP contribution in [0.1, 0.15) is 24.2 Å². The number of pyridine rings is 1. The molecule has 1 aromatic heterocycles. The Balaban J connectivity index is 2.44. The van der Waals surface area contributed by atoms with Crippen LogP contribution in [0.5, 0.6) is 0 Å². The Morgan fingerprint density at radius 3 is 2.70 bits per heavy atom. The molecule has 0 bridgehead atoms. The van der Waals surface area contributed by atoms with Gasteiger partial charge in [0.1, 0.15) is 5.15 Å². The van der Waals surface area contributed by atoms with Crippen molar-refractivity contribution >= 4 is 29.5 Å². The number of rotatable bonds is 4. The first-order chi connectivity index (χ1) is 9.40. The number of urea groups is 1. The van der Waals surface area contributed by atoms with Gasteiger partial charge in [0.05, 0.1) is 5.56 Å². The van der Waals surface area contributed by atoms with Gasteiger partial charge in [-0.2, -0.15) is 0 Å². The fourth-order valence-electron chi connectivity index (χ4n) is 1.21. The second kappa shape index (κ2) is 7.44. The van der Waals surface area contributed by atoms with E-state index in [0.29, 0.717) is 0 Å². The van der Waals surface area contributed by atoms with E-state index in [4.69, 9.17) is 16.3 Å². The average Bonchev–Trinajstić information content (AvgIpc) is 2.35. The Labute approximate surface area is 120 Å². The summed E-state index contributed by atoms with van der Waals surface area (Å²) in [5.74, 6) is -1.53. The standard InChI is InChI=1S/C12H14ClN3O4/c1-7(2)15-12(19)16-9(17)6-20-11(18)8-4-3-5-14-10(8)13/h3-5,7H,6H2,1-2H3,(H2,15,16,17,19). The summed E-state index contributed by atoms with van der Waals surface area (Å²) in [6.45, 7) is 2.90. The molecule has 0 spiro atoms. The monoisotopic (exact) mass is 299 g/mol. The number of aromatic nitrogens is 1. The highest BCUT2D eigenvalue weighted by molar-refractivity contribution is 6.32. The van der Waals surface area contributed by atoms with Gasteiger partial charge >= 0.3 is 12.0 Å². The molecule has 108 valence electrons. The largest absolute Gasteiger partial charge is 0.452 e. The molecule has 0 radical (unpaired) electrons. The predicted octanol–water partition coefficient (Wildman–Crippen LogP) is 1.13. The minimum Gasteiger partial charge on any atom is -0.452 e. The van der Waals surface area contributed by atoms with Gasteiger partial charge in [-0.05, 0) is 26.0 Å². The van der Waals surface area contributed by atoms with Gasteiger partial charge in [-0.1, -0.05) is 11.6 Å². The van der Waals surface area contributed by atoms with E-state index in [2.05, 4.69) is 10.3 Å². The average molecular weight is 300 g/mol. The normalized spacial score (nSPS) is 10.0. The summed E-state index contributed by atoms with van der Waals surface area (Å²) >= 11 is 5.70. The summed E-state index contributed by atoms with van der Waals surface area (Å²) in [5, 5.41) is 4.46. The maximum Gasteiger partial charge on any atom is 0.341 e. The van der Waals surface area contributed by atoms with Crippen molar-refractivity contribution in [1.29, 1.82) is 0 Å². The Kier molecular flexibility index (Phi) is 5.92. The summed E-state index contributed by atoms with van der Waals surface area (Å²) in [7, 11) is 0. The molecular formula is C12H14ClN3O4. The van der Waals surface area contributed by atoms with Crippen LogP contribution < -0.4 is 10.6 Å². The number of carbonyl (C=O) groups is 3. The predicted molar refractivity (Wildman–Crippen MR) is 71.3 cm³/mol. The van der Waals surface area contributed by atoms with Gasteiger partial charge in [0.2, 0.25) is 0 Å². The lowest BCUT2D eigenvalue weighted by Crippen LogP contribution is -2.44. The highest BCUT2D eigenvalue weighted by Crippen LogP contribution is 2.12. The first-order valence-corrected chi connectivity index (χ1v) is 6.16. The van der Waals surface area contributed by atoms with E-state index >= 15 is 0 Å². The zero-order valence-corrected chi connectivity index (χ0v) is 11.7. The minimum absolute atomic E-state index is 0.0181. The summed E-state index contributed by atoms with van der Waals surface area (Å²) in [6, 6.07) is 2.17. The fourth-order valence-corrected chi connectivity index (χ4v) is 1.40.